The fourth-order valence-electron chi connectivity index (χ4n) is 2.39. The molecular formula is C18H13F3N2O3. The Morgan fingerprint density at radius 2 is 1.73 bits per heavy atom. The van der Waals surface area contributed by atoms with Gasteiger partial charge in [-0.05, 0) is 30.3 Å². The lowest BCUT2D eigenvalue weighted by molar-refractivity contribution is -0.137. The van der Waals surface area contributed by atoms with Gasteiger partial charge in [0.1, 0.15) is 0 Å². The molecule has 0 saturated carbocycles. The molecule has 0 unspecified atom stereocenters. The molecule has 1 heterocycles. The zero-order valence-corrected chi connectivity index (χ0v) is 13.3. The topological polar surface area (TPSA) is 71.2 Å². The van der Waals surface area contributed by atoms with E-state index in [0.717, 1.165) is 29.8 Å². The summed E-state index contributed by atoms with van der Waals surface area (Å²) in [6.07, 6.45) is -2.96. The minimum Gasteiger partial charge on any atom is -0.452 e. The highest BCUT2D eigenvalue weighted by molar-refractivity contribution is 6.05. The molecule has 1 aromatic heterocycles. The number of H-pyrrole nitrogens is 1. The van der Waals surface area contributed by atoms with Crippen molar-refractivity contribution >= 4 is 28.5 Å². The van der Waals surface area contributed by atoms with Crippen LogP contribution in [0, 0.1) is 0 Å². The maximum Gasteiger partial charge on any atom is 0.416 e. The van der Waals surface area contributed by atoms with E-state index < -0.39 is 30.2 Å². The third-order valence-corrected chi connectivity index (χ3v) is 3.64. The monoisotopic (exact) mass is 362 g/mol. The van der Waals surface area contributed by atoms with Gasteiger partial charge in [-0.25, -0.2) is 4.79 Å². The molecule has 5 nitrogen and oxygen atoms in total. The van der Waals surface area contributed by atoms with Crippen LogP contribution in [0.4, 0.5) is 18.9 Å². The number of amides is 1. The minimum absolute atomic E-state index is 0.172. The number of hydrogen-bond donors (Lipinski definition) is 2. The highest BCUT2D eigenvalue weighted by Gasteiger charge is 2.30. The van der Waals surface area contributed by atoms with Gasteiger partial charge in [0, 0.05) is 22.8 Å². The first-order valence-corrected chi connectivity index (χ1v) is 7.55. The zero-order valence-electron chi connectivity index (χ0n) is 13.3. The number of halogens is 3. The predicted octanol–water partition coefficient (Wildman–Crippen LogP) is 3.98. The number of anilines is 1. The van der Waals surface area contributed by atoms with E-state index in [2.05, 4.69) is 10.3 Å². The van der Waals surface area contributed by atoms with Crippen molar-refractivity contribution in [1.82, 2.24) is 4.98 Å². The summed E-state index contributed by atoms with van der Waals surface area (Å²) in [6, 6.07) is 11.1. The molecule has 0 spiro atoms. The summed E-state index contributed by atoms with van der Waals surface area (Å²) >= 11 is 0. The molecule has 0 saturated heterocycles. The third kappa shape index (κ3) is 3.85. The number of alkyl halides is 3. The summed E-state index contributed by atoms with van der Waals surface area (Å²) in [4.78, 5) is 26.8. The summed E-state index contributed by atoms with van der Waals surface area (Å²) < 4.78 is 42.4. The Morgan fingerprint density at radius 3 is 2.42 bits per heavy atom. The molecule has 3 aromatic rings. The van der Waals surface area contributed by atoms with Gasteiger partial charge in [0.05, 0.1) is 11.1 Å². The number of aromatic amines is 1. The number of rotatable bonds is 4. The number of aromatic nitrogens is 1. The average Bonchev–Trinajstić information content (AvgIpc) is 3.03. The number of ether oxygens (including phenoxy) is 1. The Morgan fingerprint density at radius 1 is 1.04 bits per heavy atom. The lowest BCUT2D eigenvalue weighted by Gasteiger charge is -2.09. The first kappa shape index (κ1) is 17.5. The van der Waals surface area contributed by atoms with Crippen LogP contribution in [0.3, 0.4) is 0 Å². The number of hydrogen-bond acceptors (Lipinski definition) is 3. The van der Waals surface area contributed by atoms with E-state index >= 15 is 0 Å². The third-order valence-electron chi connectivity index (χ3n) is 3.64. The Labute approximate surface area is 145 Å². The first-order valence-electron chi connectivity index (χ1n) is 7.55. The molecule has 8 heteroatoms. The molecule has 0 aliphatic rings. The van der Waals surface area contributed by atoms with E-state index in [9.17, 15) is 22.8 Å². The van der Waals surface area contributed by atoms with Crippen molar-refractivity contribution in [3.8, 4) is 0 Å². The van der Waals surface area contributed by atoms with E-state index in [1.165, 1.54) is 6.20 Å². The van der Waals surface area contributed by atoms with Gasteiger partial charge in [0.25, 0.3) is 5.91 Å². The molecular weight excluding hydrogens is 349 g/mol. The van der Waals surface area contributed by atoms with Crippen molar-refractivity contribution in [1.29, 1.82) is 0 Å². The van der Waals surface area contributed by atoms with Crippen LogP contribution in [0.15, 0.2) is 54.7 Å². The Bertz CT molecular complexity index is 946. The van der Waals surface area contributed by atoms with E-state index in [1.807, 2.05) is 6.07 Å². The SMILES string of the molecule is O=C(COC(=O)c1c[nH]c2ccccc12)Nc1ccc(C(F)(F)F)cc1. The lowest BCUT2D eigenvalue weighted by atomic mass is 10.2. The molecule has 134 valence electrons. The van der Waals surface area contributed by atoms with Gasteiger partial charge < -0.3 is 15.0 Å². The molecule has 26 heavy (non-hydrogen) atoms. The number of carbonyl (C=O) groups excluding carboxylic acids is 2. The van der Waals surface area contributed by atoms with Crippen LogP contribution in [0.2, 0.25) is 0 Å². The van der Waals surface area contributed by atoms with Gasteiger partial charge in [-0.2, -0.15) is 13.2 Å². The zero-order chi connectivity index (χ0) is 18.7. The van der Waals surface area contributed by atoms with Crippen molar-refractivity contribution in [2.75, 3.05) is 11.9 Å². The van der Waals surface area contributed by atoms with Crippen molar-refractivity contribution in [2.24, 2.45) is 0 Å². The second-order valence-corrected chi connectivity index (χ2v) is 5.45. The van der Waals surface area contributed by atoms with E-state index in [4.69, 9.17) is 4.74 Å². The molecule has 2 N–H and O–H groups in total. The molecule has 3 rings (SSSR count). The van der Waals surface area contributed by atoms with Crippen molar-refractivity contribution in [3.63, 3.8) is 0 Å². The number of fused-ring (bicyclic) bond motifs is 1. The Hall–Kier alpha value is -3.29. The second-order valence-electron chi connectivity index (χ2n) is 5.45. The summed E-state index contributed by atoms with van der Waals surface area (Å²) in [7, 11) is 0. The van der Waals surface area contributed by atoms with Crippen molar-refractivity contribution in [2.45, 2.75) is 6.18 Å². The molecule has 0 aliphatic heterocycles. The van der Waals surface area contributed by atoms with Crippen LogP contribution in [0.1, 0.15) is 15.9 Å². The van der Waals surface area contributed by atoms with Crippen molar-refractivity contribution in [3.05, 3.63) is 65.9 Å². The van der Waals surface area contributed by atoms with E-state index in [-0.39, 0.29) is 5.69 Å². The minimum atomic E-state index is -4.45. The number of carbonyl (C=O) groups is 2. The lowest BCUT2D eigenvalue weighted by Crippen LogP contribution is -2.21. The fourth-order valence-corrected chi connectivity index (χ4v) is 2.39. The van der Waals surface area contributed by atoms with Gasteiger partial charge in [0.15, 0.2) is 6.61 Å². The summed E-state index contributed by atoms with van der Waals surface area (Å²) in [5.74, 6) is -1.33. The average molecular weight is 362 g/mol. The molecule has 0 fully saturated rings. The number of para-hydroxylation sites is 1. The Kier molecular flexibility index (Phi) is 4.66. The molecule has 0 atom stereocenters. The quantitative estimate of drug-likeness (QED) is 0.690. The van der Waals surface area contributed by atoms with Crippen LogP contribution >= 0.6 is 0 Å². The highest BCUT2D eigenvalue weighted by Crippen LogP contribution is 2.29. The summed E-state index contributed by atoms with van der Waals surface area (Å²) in [5, 5.41) is 3.03. The molecule has 0 aliphatic carbocycles. The van der Waals surface area contributed by atoms with Crippen LogP contribution in [-0.4, -0.2) is 23.5 Å². The van der Waals surface area contributed by atoms with Crippen LogP contribution < -0.4 is 5.32 Å². The summed E-state index contributed by atoms with van der Waals surface area (Å²) in [5.41, 5.74) is 0.406. The normalized spacial score (nSPS) is 11.3. The maximum atomic E-state index is 12.5. The number of benzene rings is 2. The van der Waals surface area contributed by atoms with Gasteiger partial charge >= 0.3 is 12.1 Å². The van der Waals surface area contributed by atoms with Crippen LogP contribution in [0.5, 0.6) is 0 Å². The van der Waals surface area contributed by atoms with E-state index in [0.29, 0.717) is 10.9 Å². The number of nitrogens with one attached hydrogen (secondary N) is 2. The molecule has 0 radical (unpaired) electrons. The first-order chi connectivity index (χ1) is 12.3. The second kappa shape index (κ2) is 6.91. The fraction of sp³-hybridized carbons (Fsp3) is 0.111. The molecule has 1 amide bonds. The standard InChI is InChI=1S/C18H13F3N2O3/c19-18(20,21)11-5-7-12(8-6-11)23-16(24)10-26-17(25)14-9-22-15-4-2-1-3-13(14)15/h1-9,22H,10H2,(H,23,24). The van der Waals surface area contributed by atoms with Crippen LogP contribution in [-0.2, 0) is 15.7 Å². The number of esters is 1. The summed E-state index contributed by atoms with van der Waals surface area (Å²) in [6.45, 7) is -0.556. The van der Waals surface area contributed by atoms with Gasteiger partial charge in [-0.1, -0.05) is 18.2 Å². The van der Waals surface area contributed by atoms with E-state index in [1.54, 1.807) is 18.2 Å². The van der Waals surface area contributed by atoms with Crippen LogP contribution in [0.25, 0.3) is 10.9 Å². The van der Waals surface area contributed by atoms with Gasteiger partial charge in [-0.15, -0.1) is 0 Å². The van der Waals surface area contributed by atoms with Crippen molar-refractivity contribution < 1.29 is 27.5 Å². The smallest absolute Gasteiger partial charge is 0.416 e. The largest absolute Gasteiger partial charge is 0.452 e. The van der Waals surface area contributed by atoms with Gasteiger partial charge in [-0.3, -0.25) is 4.79 Å². The molecule has 0 bridgehead atoms. The highest BCUT2D eigenvalue weighted by atomic mass is 19.4. The predicted molar refractivity (Wildman–Crippen MR) is 88.7 cm³/mol. The Balaban J connectivity index is 1.58. The van der Waals surface area contributed by atoms with Gasteiger partial charge in [0.2, 0.25) is 0 Å². The molecule has 2 aromatic carbocycles. The maximum absolute atomic E-state index is 12.5.